The van der Waals surface area contributed by atoms with Crippen LogP contribution in [0.4, 0.5) is 5.69 Å². The van der Waals surface area contributed by atoms with E-state index in [-0.39, 0.29) is 5.92 Å². The molecule has 7 nitrogen and oxygen atoms in total. The van der Waals surface area contributed by atoms with Gasteiger partial charge in [-0.25, -0.2) is 4.79 Å². The minimum absolute atomic E-state index is 0.296. The summed E-state index contributed by atoms with van der Waals surface area (Å²) in [4.78, 5) is 51.7. The number of unbranched alkanes of at least 4 members (excludes halogenated alkanes) is 1. The number of benzene rings is 2. The fourth-order valence-electron chi connectivity index (χ4n) is 3.48. The third kappa shape index (κ3) is 4.66. The van der Waals surface area contributed by atoms with Gasteiger partial charge in [-0.3, -0.25) is 19.3 Å². The van der Waals surface area contributed by atoms with Crippen LogP contribution in [-0.4, -0.2) is 41.2 Å². The maximum absolute atomic E-state index is 13.0. The molecule has 0 aromatic heterocycles. The molecule has 2 aromatic rings. The van der Waals surface area contributed by atoms with Gasteiger partial charge in [-0.1, -0.05) is 39.3 Å². The zero-order valence-corrected chi connectivity index (χ0v) is 17.9. The molecule has 0 aliphatic carbocycles. The molecule has 0 fully saturated rings. The van der Waals surface area contributed by atoms with Crippen molar-refractivity contribution in [1.29, 1.82) is 0 Å². The van der Waals surface area contributed by atoms with Crippen molar-refractivity contribution in [2.45, 2.75) is 39.7 Å². The standard InChI is InChI=1S/C24H26N2O5/c1-4-5-14-31-24(30)16-10-12-17(13-11-16)25-21(27)20(15(2)3)26-22(28)18-8-6-7-9-19(18)23(26)29/h6-13,15,20H,4-5,14H2,1-3H3,(H,25,27)/t20-/m0/s1. The summed E-state index contributed by atoms with van der Waals surface area (Å²) >= 11 is 0. The van der Waals surface area contributed by atoms with Crippen molar-refractivity contribution in [3.63, 3.8) is 0 Å². The maximum Gasteiger partial charge on any atom is 0.338 e. The quantitative estimate of drug-likeness (QED) is 0.396. The molecule has 2 aromatic carbocycles. The van der Waals surface area contributed by atoms with E-state index >= 15 is 0 Å². The molecule has 0 bridgehead atoms. The van der Waals surface area contributed by atoms with Gasteiger partial charge in [0, 0.05) is 5.69 Å². The lowest BCUT2D eigenvalue weighted by atomic mass is 10.0. The fourth-order valence-corrected chi connectivity index (χ4v) is 3.48. The van der Waals surface area contributed by atoms with Crippen LogP contribution in [0.2, 0.25) is 0 Å². The summed E-state index contributed by atoms with van der Waals surface area (Å²) in [6, 6.07) is 11.9. The zero-order chi connectivity index (χ0) is 22.5. The molecule has 0 spiro atoms. The van der Waals surface area contributed by atoms with E-state index in [2.05, 4.69) is 5.32 Å². The number of nitrogens with one attached hydrogen (secondary N) is 1. The van der Waals surface area contributed by atoms with Crippen LogP contribution >= 0.6 is 0 Å². The minimum Gasteiger partial charge on any atom is -0.462 e. The second-order valence-corrected chi connectivity index (χ2v) is 7.77. The first-order chi connectivity index (χ1) is 14.8. The molecule has 1 aliphatic heterocycles. The van der Waals surface area contributed by atoms with Crippen LogP contribution in [0.5, 0.6) is 0 Å². The second kappa shape index (κ2) is 9.55. The number of fused-ring (bicyclic) bond motifs is 1. The van der Waals surface area contributed by atoms with Crippen LogP contribution in [-0.2, 0) is 9.53 Å². The van der Waals surface area contributed by atoms with Crippen LogP contribution in [0.3, 0.4) is 0 Å². The van der Waals surface area contributed by atoms with Gasteiger partial charge in [0.1, 0.15) is 6.04 Å². The maximum atomic E-state index is 13.0. The van der Waals surface area contributed by atoms with Gasteiger partial charge in [0.2, 0.25) is 5.91 Å². The highest BCUT2D eigenvalue weighted by molar-refractivity contribution is 6.23. The highest BCUT2D eigenvalue weighted by atomic mass is 16.5. The van der Waals surface area contributed by atoms with Crippen molar-refractivity contribution in [3.8, 4) is 0 Å². The first-order valence-corrected chi connectivity index (χ1v) is 10.4. The number of amides is 3. The van der Waals surface area contributed by atoms with Crippen molar-refractivity contribution in [2.75, 3.05) is 11.9 Å². The summed E-state index contributed by atoms with van der Waals surface area (Å²) in [5.74, 6) is -2.13. The number of imide groups is 1. The number of hydrogen-bond donors (Lipinski definition) is 1. The molecule has 31 heavy (non-hydrogen) atoms. The summed E-state index contributed by atoms with van der Waals surface area (Å²) in [5, 5.41) is 2.75. The van der Waals surface area contributed by atoms with E-state index in [1.807, 2.05) is 6.92 Å². The first-order valence-electron chi connectivity index (χ1n) is 10.4. The van der Waals surface area contributed by atoms with Crippen molar-refractivity contribution < 1.29 is 23.9 Å². The number of carbonyl (C=O) groups is 4. The third-order valence-electron chi connectivity index (χ3n) is 5.12. The molecule has 1 N–H and O–H groups in total. The van der Waals surface area contributed by atoms with E-state index < -0.39 is 29.7 Å². The summed E-state index contributed by atoms with van der Waals surface area (Å²) in [5.41, 5.74) is 1.45. The van der Waals surface area contributed by atoms with E-state index in [1.165, 1.54) is 0 Å². The molecule has 7 heteroatoms. The Morgan fingerprint density at radius 1 is 0.968 bits per heavy atom. The van der Waals surface area contributed by atoms with Crippen LogP contribution < -0.4 is 5.32 Å². The highest BCUT2D eigenvalue weighted by Crippen LogP contribution is 2.27. The topological polar surface area (TPSA) is 92.8 Å². The Balaban J connectivity index is 1.73. The van der Waals surface area contributed by atoms with Gasteiger partial charge >= 0.3 is 5.97 Å². The molecule has 3 amide bonds. The van der Waals surface area contributed by atoms with Gasteiger partial charge in [-0.05, 0) is 48.7 Å². The lowest BCUT2D eigenvalue weighted by Gasteiger charge is -2.28. The number of anilines is 1. The Morgan fingerprint density at radius 3 is 2.06 bits per heavy atom. The average molecular weight is 422 g/mol. The van der Waals surface area contributed by atoms with E-state index in [9.17, 15) is 19.2 Å². The molecule has 1 aliphatic rings. The normalized spacial score (nSPS) is 13.9. The predicted molar refractivity (Wildman–Crippen MR) is 116 cm³/mol. The average Bonchev–Trinajstić information content (AvgIpc) is 3.00. The largest absolute Gasteiger partial charge is 0.462 e. The molecular formula is C24H26N2O5. The van der Waals surface area contributed by atoms with E-state index in [4.69, 9.17) is 4.74 Å². The van der Waals surface area contributed by atoms with Gasteiger partial charge in [0.25, 0.3) is 11.8 Å². The molecule has 1 atom stereocenters. The van der Waals surface area contributed by atoms with Gasteiger partial charge in [0.15, 0.2) is 0 Å². The van der Waals surface area contributed by atoms with E-state index in [0.29, 0.717) is 29.0 Å². The van der Waals surface area contributed by atoms with E-state index in [0.717, 1.165) is 17.7 Å². The van der Waals surface area contributed by atoms with Gasteiger partial charge < -0.3 is 10.1 Å². The Hall–Kier alpha value is -3.48. The third-order valence-corrected chi connectivity index (χ3v) is 5.12. The minimum atomic E-state index is -0.967. The summed E-state index contributed by atoms with van der Waals surface area (Å²) in [6.07, 6.45) is 1.73. The Morgan fingerprint density at radius 2 is 1.55 bits per heavy atom. The number of nitrogens with zero attached hydrogens (tertiary/aromatic N) is 1. The van der Waals surface area contributed by atoms with Crippen LogP contribution in [0, 0.1) is 5.92 Å². The number of ether oxygens (including phenoxy) is 1. The first kappa shape index (κ1) is 22.2. The molecule has 1 heterocycles. The Labute approximate surface area is 181 Å². The number of esters is 1. The van der Waals surface area contributed by atoms with Gasteiger partial charge in [0.05, 0.1) is 23.3 Å². The van der Waals surface area contributed by atoms with Crippen LogP contribution in [0.15, 0.2) is 48.5 Å². The number of hydrogen-bond acceptors (Lipinski definition) is 5. The monoisotopic (exact) mass is 422 g/mol. The van der Waals surface area contributed by atoms with Crippen molar-refractivity contribution >= 4 is 29.4 Å². The molecular weight excluding hydrogens is 396 g/mol. The Kier molecular flexibility index (Phi) is 6.84. The predicted octanol–water partition coefficient (Wildman–Crippen LogP) is 3.90. The van der Waals surface area contributed by atoms with Gasteiger partial charge in [-0.2, -0.15) is 0 Å². The van der Waals surface area contributed by atoms with Crippen molar-refractivity contribution in [3.05, 3.63) is 65.2 Å². The Bertz CT molecular complexity index is 962. The van der Waals surface area contributed by atoms with Crippen LogP contribution in [0.25, 0.3) is 0 Å². The zero-order valence-electron chi connectivity index (χ0n) is 17.9. The summed E-state index contributed by atoms with van der Waals surface area (Å²) in [6.45, 7) is 5.94. The van der Waals surface area contributed by atoms with Gasteiger partial charge in [-0.15, -0.1) is 0 Å². The second-order valence-electron chi connectivity index (χ2n) is 7.77. The molecule has 162 valence electrons. The lowest BCUT2D eigenvalue weighted by Crippen LogP contribution is -2.50. The lowest BCUT2D eigenvalue weighted by molar-refractivity contribution is -0.121. The summed E-state index contributed by atoms with van der Waals surface area (Å²) < 4.78 is 5.17. The SMILES string of the molecule is CCCCOC(=O)c1ccc(NC(=O)[C@H](C(C)C)N2C(=O)c3ccccc3C2=O)cc1. The van der Waals surface area contributed by atoms with E-state index in [1.54, 1.807) is 62.4 Å². The summed E-state index contributed by atoms with van der Waals surface area (Å²) in [7, 11) is 0. The van der Waals surface area contributed by atoms with Crippen molar-refractivity contribution in [1.82, 2.24) is 4.90 Å². The smallest absolute Gasteiger partial charge is 0.338 e. The molecule has 0 saturated heterocycles. The molecule has 0 unspecified atom stereocenters. The molecule has 0 saturated carbocycles. The number of carbonyl (C=O) groups excluding carboxylic acids is 4. The van der Waals surface area contributed by atoms with Crippen molar-refractivity contribution in [2.24, 2.45) is 5.92 Å². The highest BCUT2D eigenvalue weighted by Gasteiger charge is 2.43. The molecule has 3 rings (SSSR count). The number of rotatable bonds is 8. The van der Waals surface area contributed by atoms with Crippen LogP contribution in [0.1, 0.15) is 64.7 Å². The molecule has 0 radical (unpaired) electrons. The fraction of sp³-hybridized carbons (Fsp3) is 0.333.